The molecule has 4 rings (SSSR count). The molecular formula is C30H31O4P. The molecule has 5 heteroatoms. The lowest BCUT2D eigenvalue weighted by molar-refractivity contribution is 0.0989. The molecule has 0 amide bonds. The molecule has 180 valence electrons. The van der Waals surface area contributed by atoms with Gasteiger partial charge in [0, 0.05) is 17.2 Å². The van der Waals surface area contributed by atoms with Crippen molar-refractivity contribution in [3.63, 3.8) is 0 Å². The van der Waals surface area contributed by atoms with Crippen LogP contribution in [0.2, 0.25) is 0 Å². The van der Waals surface area contributed by atoms with E-state index < -0.39 is 18.9 Å². The first-order valence-corrected chi connectivity index (χ1v) is 13.5. The molecule has 4 nitrogen and oxygen atoms in total. The Hall–Kier alpha value is -3.17. The number of methoxy groups -OCH3 is 1. The van der Waals surface area contributed by atoms with Crippen molar-refractivity contribution in [2.24, 2.45) is 0 Å². The molecule has 0 radical (unpaired) electrons. The van der Waals surface area contributed by atoms with E-state index in [4.69, 9.17) is 9.47 Å². The molecule has 35 heavy (non-hydrogen) atoms. The Morgan fingerprint density at radius 2 is 1.26 bits per heavy atom. The van der Waals surface area contributed by atoms with Gasteiger partial charge in [-0.15, -0.1) is 0 Å². The summed E-state index contributed by atoms with van der Waals surface area (Å²) in [6.45, 7) is 0.837. The number of ether oxygens (including phenoxy) is 2. The maximum absolute atomic E-state index is 15.1. The first-order valence-electron chi connectivity index (χ1n) is 11.8. The van der Waals surface area contributed by atoms with Gasteiger partial charge in [-0.3, -0.25) is 0 Å². The van der Waals surface area contributed by atoms with E-state index in [0.29, 0.717) is 30.9 Å². The van der Waals surface area contributed by atoms with E-state index in [0.717, 1.165) is 16.2 Å². The number of hydrogen-bond acceptors (Lipinski definition) is 4. The molecule has 1 N–H and O–H groups in total. The summed E-state index contributed by atoms with van der Waals surface area (Å²) < 4.78 is 26.3. The van der Waals surface area contributed by atoms with Crippen LogP contribution >= 0.6 is 7.14 Å². The fourth-order valence-corrected chi connectivity index (χ4v) is 7.69. The van der Waals surface area contributed by atoms with Crippen molar-refractivity contribution in [1.29, 1.82) is 0 Å². The molecule has 0 fully saturated rings. The maximum Gasteiger partial charge on any atom is 0.149 e. The number of aliphatic hydroxyl groups excluding tert-OH is 1. The summed E-state index contributed by atoms with van der Waals surface area (Å²) in [7, 11) is -1.64. The van der Waals surface area contributed by atoms with Gasteiger partial charge in [0.1, 0.15) is 12.9 Å². The van der Waals surface area contributed by atoms with Crippen molar-refractivity contribution in [2.45, 2.75) is 24.8 Å². The van der Waals surface area contributed by atoms with Crippen molar-refractivity contribution >= 4 is 17.8 Å². The number of hydrogen-bond donors (Lipinski definition) is 1. The van der Waals surface area contributed by atoms with Crippen molar-refractivity contribution in [1.82, 2.24) is 0 Å². The van der Waals surface area contributed by atoms with Gasteiger partial charge in [0.05, 0.1) is 25.5 Å². The van der Waals surface area contributed by atoms with E-state index in [1.165, 1.54) is 0 Å². The van der Waals surface area contributed by atoms with Crippen LogP contribution in [0.4, 0.5) is 0 Å². The molecule has 4 aromatic rings. The Morgan fingerprint density at radius 1 is 0.743 bits per heavy atom. The molecular weight excluding hydrogens is 455 g/mol. The molecule has 0 unspecified atom stereocenters. The second-order valence-electron chi connectivity index (χ2n) is 8.44. The van der Waals surface area contributed by atoms with E-state index in [-0.39, 0.29) is 0 Å². The van der Waals surface area contributed by atoms with E-state index in [1.807, 2.05) is 115 Å². The zero-order valence-corrected chi connectivity index (χ0v) is 20.8. The van der Waals surface area contributed by atoms with E-state index >= 15 is 4.57 Å². The van der Waals surface area contributed by atoms with Gasteiger partial charge >= 0.3 is 0 Å². The number of benzene rings is 4. The third kappa shape index (κ3) is 5.91. The molecule has 0 saturated heterocycles. The minimum atomic E-state index is -3.25. The average Bonchev–Trinajstić information content (AvgIpc) is 2.94. The lowest BCUT2D eigenvalue weighted by Crippen LogP contribution is -2.31. The zero-order chi connectivity index (χ0) is 24.5. The molecule has 0 aliphatic rings. The fourth-order valence-electron chi connectivity index (χ4n) is 4.36. The highest BCUT2D eigenvalue weighted by atomic mass is 31.2. The Labute approximate surface area is 207 Å². The molecule has 0 aliphatic carbocycles. The smallest absolute Gasteiger partial charge is 0.149 e. The second-order valence-corrected chi connectivity index (χ2v) is 11.5. The van der Waals surface area contributed by atoms with Crippen LogP contribution in [0.25, 0.3) is 0 Å². The van der Waals surface area contributed by atoms with Crippen molar-refractivity contribution in [3.8, 4) is 5.75 Å². The predicted molar refractivity (Wildman–Crippen MR) is 142 cm³/mol. The lowest BCUT2D eigenvalue weighted by Gasteiger charge is -2.32. The Balaban J connectivity index is 1.69. The summed E-state index contributed by atoms with van der Waals surface area (Å²) >= 11 is 0. The van der Waals surface area contributed by atoms with Gasteiger partial charge in [-0.05, 0) is 29.7 Å². The molecule has 2 atom stereocenters. The van der Waals surface area contributed by atoms with E-state index in [1.54, 1.807) is 7.11 Å². The van der Waals surface area contributed by atoms with Gasteiger partial charge in [0.25, 0.3) is 0 Å². The third-order valence-electron chi connectivity index (χ3n) is 6.24. The van der Waals surface area contributed by atoms with Gasteiger partial charge in [-0.1, -0.05) is 103 Å². The zero-order valence-electron chi connectivity index (χ0n) is 19.9. The Bertz CT molecular complexity index is 1170. The van der Waals surface area contributed by atoms with E-state index in [9.17, 15) is 5.11 Å². The highest BCUT2D eigenvalue weighted by Gasteiger charge is 2.41. The van der Waals surface area contributed by atoms with Gasteiger partial charge in [-0.25, -0.2) is 0 Å². The number of aliphatic hydroxyl groups is 1. The number of rotatable bonds is 11. The summed E-state index contributed by atoms with van der Waals surface area (Å²) in [5.41, 5.74) is 1.21. The highest BCUT2D eigenvalue weighted by Crippen LogP contribution is 2.54. The Morgan fingerprint density at radius 3 is 1.77 bits per heavy atom. The fraction of sp³-hybridized carbons (Fsp3) is 0.200. The quantitative estimate of drug-likeness (QED) is 0.218. The van der Waals surface area contributed by atoms with Crippen LogP contribution in [-0.2, 0) is 15.9 Å². The molecule has 0 saturated carbocycles. The third-order valence-corrected chi connectivity index (χ3v) is 9.84. The van der Waals surface area contributed by atoms with Crippen molar-refractivity contribution in [2.75, 3.05) is 13.7 Å². The van der Waals surface area contributed by atoms with Gasteiger partial charge < -0.3 is 19.1 Å². The van der Waals surface area contributed by atoms with Crippen LogP contribution in [0.1, 0.15) is 23.7 Å². The minimum absolute atomic E-state index is 0.371. The minimum Gasteiger partial charge on any atom is -0.497 e. The Kier molecular flexibility index (Phi) is 8.54. The van der Waals surface area contributed by atoms with Crippen LogP contribution in [0, 0.1) is 0 Å². The summed E-state index contributed by atoms with van der Waals surface area (Å²) in [5, 5.41) is 13.1. The van der Waals surface area contributed by atoms with Crippen LogP contribution in [0.15, 0.2) is 115 Å². The normalized spacial score (nSPS) is 13.2. The molecule has 0 bridgehead atoms. The van der Waals surface area contributed by atoms with Crippen LogP contribution in [0.3, 0.4) is 0 Å². The summed E-state index contributed by atoms with van der Waals surface area (Å²) in [6.07, 6.45) is -0.520. The topological polar surface area (TPSA) is 55.8 Å². The van der Waals surface area contributed by atoms with Gasteiger partial charge in [0.15, 0.2) is 0 Å². The van der Waals surface area contributed by atoms with Crippen molar-refractivity contribution < 1.29 is 19.1 Å². The van der Waals surface area contributed by atoms with E-state index in [2.05, 4.69) is 0 Å². The standard InChI is InChI=1S/C30H31O4P/c1-33-26-19-17-25(18-20-26)30(31)29(21-22-34-23-24-11-5-2-6-12-24)35(32,27-13-7-3-8-14-27)28-15-9-4-10-16-28/h2-20,29-31H,21-23H2,1H3/t29-,30-/m1/s1. The second kappa shape index (κ2) is 12.0. The van der Waals surface area contributed by atoms with Crippen molar-refractivity contribution in [3.05, 3.63) is 126 Å². The highest BCUT2D eigenvalue weighted by molar-refractivity contribution is 7.79. The van der Waals surface area contributed by atoms with Crippen LogP contribution in [0.5, 0.6) is 5.75 Å². The van der Waals surface area contributed by atoms with Crippen LogP contribution in [-0.4, -0.2) is 24.5 Å². The van der Waals surface area contributed by atoms with Gasteiger partial charge in [0.2, 0.25) is 0 Å². The molecule has 0 heterocycles. The monoisotopic (exact) mass is 486 g/mol. The van der Waals surface area contributed by atoms with Crippen LogP contribution < -0.4 is 15.3 Å². The molecule has 0 spiro atoms. The average molecular weight is 487 g/mol. The summed E-state index contributed by atoms with van der Waals surface area (Å²) in [4.78, 5) is 0. The molecule has 0 aliphatic heterocycles. The summed E-state index contributed by atoms with van der Waals surface area (Å²) in [6, 6.07) is 36.3. The lowest BCUT2D eigenvalue weighted by atomic mass is 10.0. The molecule has 4 aromatic carbocycles. The first-order chi connectivity index (χ1) is 17.1. The predicted octanol–water partition coefficient (Wildman–Crippen LogP) is 5.72. The summed E-state index contributed by atoms with van der Waals surface area (Å²) in [5.74, 6) is 0.706. The molecule has 0 aromatic heterocycles. The SMILES string of the molecule is COc1ccc([C@@H](O)[C@@H](CCOCc2ccccc2)P(=O)(c2ccccc2)c2ccccc2)cc1. The maximum atomic E-state index is 15.1. The van der Waals surface area contributed by atoms with Gasteiger partial charge in [-0.2, -0.15) is 0 Å². The first kappa shape index (κ1) is 24.9. The largest absolute Gasteiger partial charge is 0.497 e.